The van der Waals surface area contributed by atoms with Gasteiger partial charge in [0.1, 0.15) is 6.29 Å². The van der Waals surface area contributed by atoms with Crippen LogP contribution in [0.25, 0.3) is 0 Å². The van der Waals surface area contributed by atoms with Crippen LogP contribution < -0.4 is 5.32 Å². The van der Waals surface area contributed by atoms with Crippen molar-refractivity contribution in [1.82, 2.24) is 15.2 Å². The van der Waals surface area contributed by atoms with Crippen molar-refractivity contribution in [2.24, 2.45) is 0 Å². The summed E-state index contributed by atoms with van der Waals surface area (Å²) >= 11 is 0. The van der Waals surface area contributed by atoms with E-state index < -0.39 is 0 Å². The van der Waals surface area contributed by atoms with E-state index >= 15 is 0 Å². The zero-order valence-corrected chi connectivity index (χ0v) is 11.3. The third-order valence-corrected chi connectivity index (χ3v) is 3.43. The molecule has 6 heteroatoms. The Labute approximate surface area is 117 Å². The molecule has 0 bridgehead atoms. The Kier molecular flexibility index (Phi) is 4.45. The van der Waals surface area contributed by atoms with Crippen molar-refractivity contribution >= 4 is 18.1 Å². The van der Waals surface area contributed by atoms with Crippen molar-refractivity contribution in [3.8, 4) is 0 Å². The Morgan fingerprint density at radius 1 is 1.55 bits per heavy atom. The topological polar surface area (TPSA) is 79.4 Å². The summed E-state index contributed by atoms with van der Waals surface area (Å²) in [4.78, 5) is 40.3. The highest BCUT2D eigenvalue weighted by Crippen LogP contribution is 2.15. The summed E-state index contributed by atoms with van der Waals surface area (Å²) in [6.45, 7) is 2.21. The molecule has 1 aromatic rings. The summed E-state index contributed by atoms with van der Waals surface area (Å²) < 4.78 is 0. The number of aryl methyl sites for hydroxylation is 1. The molecule has 1 saturated heterocycles. The minimum atomic E-state index is -0.348. The highest BCUT2D eigenvalue weighted by atomic mass is 16.2. The lowest BCUT2D eigenvalue weighted by Crippen LogP contribution is -2.43. The van der Waals surface area contributed by atoms with Crippen LogP contribution in [-0.2, 0) is 9.59 Å². The Bertz CT molecular complexity index is 530. The molecule has 1 aliphatic heterocycles. The number of likely N-dealkylation sites (tertiary alicyclic amines) is 1. The first-order valence-corrected chi connectivity index (χ1v) is 6.58. The van der Waals surface area contributed by atoms with Crippen LogP contribution in [-0.4, -0.2) is 47.1 Å². The van der Waals surface area contributed by atoms with E-state index in [-0.39, 0.29) is 24.4 Å². The third-order valence-electron chi connectivity index (χ3n) is 3.43. The summed E-state index contributed by atoms with van der Waals surface area (Å²) in [5, 5.41) is 2.58. The van der Waals surface area contributed by atoms with Crippen molar-refractivity contribution in [2.45, 2.75) is 25.8 Å². The molecule has 1 aromatic heterocycles. The summed E-state index contributed by atoms with van der Waals surface area (Å²) in [5.74, 6) is -0.555. The fourth-order valence-electron chi connectivity index (χ4n) is 2.32. The number of aldehydes is 1. The van der Waals surface area contributed by atoms with E-state index in [1.165, 1.54) is 4.90 Å². The molecular formula is C14H17N3O3. The van der Waals surface area contributed by atoms with Crippen LogP contribution in [0.4, 0.5) is 0 Å². The standard InChI is InChI=1S/C14H17N3O3/c1-10-12(5-2-6-15-10)14(20)16-8-13(19)17-7-3-4-11(17)9-18/h2,5-6,9,11H,3-4,7-8H2,1H3,(H,16,20)/t11-/m0/s1. The first-order chi connectivity index (χ1) is 9.63. The van der Waals surface area contributed by atoms with Crippen molar-refractivity contribution < 1.29 is 14.4 Å². The fraction of sp³-hybridized carbons (Fsp3) is 0.429. The molecule has 6 nitrogen and oxygen atoms in total. The van der Waals surface area contributed by atoms with Gasteiger partial charge in [-0.05, 0) is 31.9 Å². The van der Waals surface area contributed by atoms with Crippen molar-refractivity contribution in [3.05, 3.63) is 29.6 Å². The average Bonchev–Trinajstić information content (AvgIpc) is 2.93. The van der Waals surface area contributed by atoms with Gasteiger partial charge in [-0.15, -0.1) is 0 Å². The molecule has 0 saturated carbocycles. The summed E-state index contributed by atoms with van der Waals surface area (Å²) in [6, 6.07) is 2.98. The zero-order valence-electron chi connectivity index (χ0n) is 11.3. The van der Waals surface area contributed by atoms with Crippen LogP contribution in [0.2, 0.25) is 0 Å². The number of pyridine rings is 1. The van der Waals surface area contributed by atoms with E-state index in [0.717, 1.165) is 12.7 Å². The van der Waals surface area contributed by atoms with E-state index in [1.807, 2.05) is 0 Å². The molecule has 0 spiro atoms. The minimum Gasteiger partial charge on any atom is -0.343 e. The molecule has 2 rings (SSSR count). The maximum Gasteiger partial charge on any atom is 0.253 e. The highest BCUT2D eigenvalue weighted by Gasteiger charge is 2.28. The lowest BCUT2D eigenvalue weighted by Gasteiger charge is -2.20. The molecule has 0 radical (unpaired) electrons. The van der Waals surface area contributed by atoms with Gasteiger partial charge in [0.2, 0.25) is 5.91 Å². The van der Waals surface area contributed by atoms with Crippen molar-refractivity contribution in [2.75, 3.05) is 13.1 Å². The Hall–Kier alpha value is -2.24. The van der Waals surface area contributed by atoms with Gasteiger partial charge in [0.15, 0.2) is 0 Å². The number of amides is 2. The minimum absolute atomic E-state index is 0.0997. The third kappa shape index (κ3) is 3.01. The summed E-state index contributed by atoms with van der Waals surface area (Å²) in [5.41, 5.74) is 1.07. The number of rotatable bonds is 4. The number of carbonyl (C=O) groups excluding carboxylic acids is 3. The molecule has 2 heterocycles. The quantitative estimate of drug-likeness (QED) is 0.802. The summed E-state index contributed by atoms with van der Waals surface area (Å²) in [6.07, 6.45) is 3.92. The lowest BCUT2D eigenvalue weighted by atomic mass is 10.2. The van der Waals surface area contributed by atoms with E-state index in [0.29, 0.717) is 24.2 Å². The number of aromatic nitrogens is 1. The molecule has 1 atom stereocenters. The van der Waals surface area contributed by atoms with Gasteiger partial charge in [-0.2, -0.15) is 0 Å². The smallest absolute Gasteiger partial charge is 0.253 e. The largest absolute Gasteiger partial charge is 0.343 e. The number of carbonyl (C=O) groups is 3. The first-order valence-electron chi connectivity index (χ1n) is 6.58. The molecule has 2 amide bonds. The van der Waals surface area contributed by atoms with Crippen LogP contribution in [0.3, 0.4) is 0 Å². The van der Waals surface area contributed by atoms with Gasteiger partial charge in [-0.3, -0.25) is 14.6 Å². The Morgan fingerprint density at radius 2 is 2.35 bits per heavy atom. The molecular weight excluding hydrogens is 258 g/mol. The molecule has 1 aliphatic rings. The van der Waals surface area contributed by atoms with E-state index in [4.69, 9.17) is 0 Å². The van der Waals surface area contributed by atoms with Gasteiger partial charge in [0.25, 0.3) is 5.91 Å². The molecule has 1 N–H and O–H groups in total. The second kappa shape index (κ2) is 6.27. The fourth-order valence-corrected chi connectivity index (χ4v) is 2.32. The van der Waals surface area contributed by atoms with Crippen LogP contribution in [0, 0.1) is 6.92 Å². The van der Waals surface area contributed by atoms with E-state index in [2.05, 4.69) is 10.3 Å². The molecule has 0 aliphatic carbocycles. The Morgan fingerprint density at radius 3 is 3.05 bits per heavy atom. The first kappa shape index (κ1) is 14.2. The SMILES string of the molecule is Cc1ncccc1C(=O)NCC(=O)N1CCC[C@H]1C=O. The van der Waals surface area contributed by atoms with Gasteiger partial charge in [0, 0.05) is 18.4 Å². The highest BCUT2D eigenvalue weighted by molar-refractivity contribution is 5.97. The number of nitrogens with one attached hydrogen (secondary N) is 1. The molecule has 0 unspecified atom stereocenters. The second-order valence-electron chi connectivity index (χ2n) is 4.75. The van der Waals surface area contributed by atoms with Crippen LogP contribution >= 0.6 is 0 Å². The van der Waals surface area contributed by atoms with E-state index in [9.17, 15) is 14.4 Å². The van der Waals surface area contributed by atoms with Crippen LogP contribution in [0.1, 0.15) is 28.9 Å². The molecule has 106 valence electrons. The monoisotopic (exact) mass is 275 g/mol. The van der Waals surface area contributed by atoms with Gasteiger partial charge >= 0.3 is 0 Å². The number of hydrogen-bond donors (Lipinski definition) is 1. The van der Waals surface area contributed by atoms with E-state index in [1.54, 1.807) is 25.3 Å². The second-order valence-corrected chi connectivity index (χ2v) is 4.75. The number of nitrogens with zero attached hydrogens (tertiary/aromatic N) is 2. The predicted molar refractivity (Wildman–Crippen MR) is 72.1 cm³/mol. The normalized spacial score (nSPS) is 17.9. The van der Waals surface area contributed by atoms with Crippen molar-refractivity contribution in [3.63, 3.8) is 0 Å². The van der Waals surface area contributed by atoms with Gasteiger partial charge in [-0.25, -0.2) is 0 Å². The molecule has 20 heavy (non-hydrogen) atoms. The molecule has 1 fully saturated rings. The maximum absolute atomic E-state index is 12.0. The zero-order chi connectivity index (χ0) is 14.5. The van der Waals surface area contributed by atoms with Crippen molar-refractivity contribution in [1.29, 1.82) is 0 Å². The van der Waals surface area contributed by atoms with Crippen LogP contribution in [0.15, 0.2) is 18.3 Å². The average molecular weight is 275 g/mol. The van der Waals surface area contributed by atoms with Gasteiger partial charge < -0.3 is 15.0 Å². The summed E-state index contributed by atoms with van der Waals surface area (Å²) in [7, 11) is 0. The molecule has 0 aromatic carbocycles. The number of hydrogen-bond acceptors (Lipinski definition) is 4. The van der Waals surface area contributed by atoms with Gasteiger partial charge in [-0.1, -0.05) is 0 Å². The maximum atomic E-state index is 12.0. The van der Waals surface area contributed by atoms with Crippen LogP contribution in [0.5, 0.6) is 0 Å². The van der Waals surface area contributed by atoms with Gasteiger partial charge in [0.05, 0.1) is 18.2 Å². The lowest BCUT2D eigenvalue weighted by molar-refractivity contribution is -0.133. The Balaban J connectivity index is 1.92. The predicted octanol–water partition coefficient (Wildman–Crippen LogP) is 0.310.